The lowest BCUT2D eigenvalue weighted by atomic mass is 10.2. The number of nitrogens with zero attached hydrogens (tertiary/aromatic N) is 1. The zero-order valence-corrected chi connectivity index (χ0v) is 10.5. The Labute approximate surface area is 103 Å². The van der Waals surface area contributed by atoms with Crippen LogP contribution in [0.25, 0.3) is 0 Å². The summed E-state index contributed by atoms with van der Waals surface area (Å²) in [5.74, 6) is -0.157. The molecule has 1 aromatic carbocycles. The highest BCUT2D eigenvalue weighted by atomic mass is 35.5. The van der Waals surface area contributed by atoms with Crippen molar-refractivity contribution in [3.8, 4) is 0 Å². The summed E-state index contributed by atoms with van der Waals surface area (Å²) in [5, 5.41) is -0.209. The molecule has 0 aliphatic carbocycles. The molecule has 92 valence electrons. The highest BCUT2D eigenvalue weighted by molar-refractivity contribution is 7.86. The summed E-state index contributed by atoms with van der Waals surface area (Å²) in [6.07, 6.45) is 0.495. The molecule has 0 radical (unpaired) electrons. The van der Waals surface area contributed by atoms with Gasteiger partial charge in [0.2, 0.25) is 5.91 Å². The Morgan fingerprint density at radius 1 is 1.47 bits per heavy atom. The lowest BCUT2D eigenvalue weighted by molar-refractivity contribution is -0.116. The maximum absolute atomic E-state index is 12.9. The molecule has 0 fully saturated rings. The van der Waals surface area contributed by atoms with Gasteiger partial charge in [0.05, 0.1) is 5.02 Å². The summed E-state index contributed by atoms with van der Waals surface area (Å²) in [6.45, 7) is 1.86. The zero-order chi connectivity index (χ0) is 12.8. The Morgan fingerprint density at radius 2 is 2.12 bits per heavy atom. The summed E-state index contributed by atoms with van der Waals surface area (Å²) in [6, 6.07) is 2.51. The first-order chi connectivity index (χ1) is 7.80. The second-order valence-electron chi connectivity index (χ2n) is 3.77. The van der Waals surface area contributed by atoms with Gasteiger partial charge < -0.3 is 4.90 Å². The average Bonchev–Trinajstić information content (AvgIpc) is 2.57. The van der Waals surface area contributed by atoms with Crippen molar-refractivity contribution in [2.45, 2.75) is 18.2 Å². The van der Waals surface area contributed by atoms with Gasteiger partial charge in [0.1, 0.15) is 4.90 Å². The van der Waals surface area contributed by atoms with E-state index in [1.165, 1.54) is 24.0 Å². The number of fused-ring (bicyclic) bond motifs is 1. The number of hydrogen-bond donors (Lipinski definition) is 0. The monoisotopic (exact) mass is 277 g/mol. The molecule has 2 rings (SSSR count). The molecule has 0 aromatic heterocycles. The second-order valence-corrected chi connectivity index (χ2v) is 5.49. The van der Waals surface area contributed by atoms with Gasteiger partial charge in [-0.1, -0.05) is 11.6 Å². The Kier molecular flexibility index (Phi) is 2.87. The molecule has 17 heavy (non-hydrogen) atoms. The van der Waals surface area contributed by atoms with E-state index in [-0.39, 0.29) is 10.9 Å². The van der Waals surface area contributed by atoms with Gasteiger partial charge in [0, 0.05) is 19.2 Å². The van der Waals surface area contributed by atoms with Crippen LogP contribution in [0.3, 0.4) is 0 Å². The molecule has 1 heterocycles. The van der Waals surface area contributed by atoms with Crippen molar-refractivity contribution in [1.29, 1.82) is 0 Å². The first-order valence-corrected chi connectivity index (χ1v) is 6.62. The number of anilines is 1. The number of carbonyl (C=O) groups is 1. The van der Waals surface area contributed by atoms with Gasteiger partial charge in [-0.15, -0.1) is 3.89 Å². The lowest BCUT2D eigenvalue weighted by Crippen LogP contribution is -2.25. The topological polar surface area (TPSA) is 54.5 Å². The minimum Gasteiger partial charge on any atom is -0.312 e. The van der Waals surface area contributed by atoms with Crippen molar-refractivity contribution in [3.63, 3.8) is 0 Å². The Bertz CT molecular complexity index is 600. The van der Waals surface area contributed by atoms with Crippen LogP contribution in [-0.2, 0) is 21.4 Å². The quantitative estimate of drug-likeness (QED) is 0.737. The van der Waals surface area contributed by atoms with Crippen molar-refractivity contribution < 1.29 is 17.1 Å². The van der Waals surface area contributed by atoms with Gasteiger partial charge in [-0.25, -0.2) is 0 Å². The predicted molar refractivity (Wildman–Crippen MR) is 61.5 cm³/mol. The largest absolute Gasteiger partial charge is 0.333 e. The van der Waals surface area contributed by atoms with Crippen LogP contribution in [-0.4, -0.2) is 20.9 Å². The lowest BCUT2D eigenvalue weighted by Gasteiger charge is -2.15. The summed E-state index contributed by atoms with van der Waals surface area (Å²) < 4.78 is 34.6. The van der Waals surface area contributed by atoms with Crippen LogP contribution in [0.5, 0.6) is 0 Å². The zero-order valence-electron chi connectivity index (χ0n) is 8.91. The van der Waals surface area contributed by atoms with Gasteiger partial charge >= 0.3 is 10.2 Å². The minimum absolute atomic E-state index is 0.157. The molecule has 0 atom stereocenters. The van der Waals surface area contributed by atoms with E-state index in [4.69, 9.17) is 11.6 Å². The van der Waals surface area contributed by atoms with E-state index in [1.807, 2.05) is 0 Å². The number of rotatable bonds is 1. The summed E-state index contributed by atoms with van der Waals surface area (Å²) in [5.41, 5.74) is 1.16. The third-order valence-corrected chi connectivity index (χ3v) is 3.96. The molecule has 1 aliphatic rings. The summed E-state index contributed by atoms with van der Waals surface area (Å²) in [4.78, 5) is 12.2. The van der Waals surface area contributed by atoms with E-state index in [0.717, 1.165) is 0 Å². The number of hydrogen-bond acceptors (Lipinski definition) is 3. The van der Waals surface area contributed by atoms with E-state index in [1.54, 1.807) is 0 Å². The number of halogens is 2. The fraction of sp³-hybridized carbons (Fsp3) is 0.300. The standard InChI is InChI=1S/C10H9ClFNO3S/c1-6(14)13-3-2-7-4-10(17(12,15)16)8(11)5-9(7)13/h4-5H,2-3H2,1H3. The smallest absolute Gasteiger partial charge is 0.312 e. The van der Waals surface area contributed by atoms with Crippen LogP contribution in [0.15, 0.2) is 17.0 Å². The molecule has 0 bridgehead atoms. The van der Waals surface area contributed by atoms with E-state index >= 15 is 0 Å². The first kappa shape index (κ1) is 12.3. The van der Waals surface area contributed by atoms with Crippen LogP contribution in [0.1, 0.15) is 12.5 Å². The van der Waals surface area contributed by atoms with Gasteiger partial charge in [0.15, 0.2) is 0 Å². The molecule has 0 unspecified atom stereocenters. The van der Waals surface area contributed by atoms with Crippen LogP contribution < -0.4 is 4.90 Å². The Hall–Kier alpha value is -1.14. The third-order valence-electron chi connectivity index (χ3n) is 2.67. The van der Waals surface area contributed by atoms with Gasteiger partial charge in [-0.2, -0.15) is 8.42 Å². The van der Waals surface area contributed by atoms with Crippen LogP contribution >= 0.6 is 11.6 Å². The Balaban J connectivity index is 2.59. The van der Waals surface area contributed by atoms with E-state index < -0.39 is 15.1 Å². The Morgan fingerprint density at radius 3 is 2.65 bits per heavy atom. The maximum atomic E-state index is 12.9. The summed E-state index contributed by atoms with van der Waals surface area (Å²) in [7, 11) is -4.83. The number of amides is 1. The van der Waals surface area contributed by atoms with E-state index in [0.29, 0.717) is 24.2 Å². The van der Waals surface area contributed by atoms with Crippen molar-refractivity contribution in [1.82, 2.24) is 0 Å². The highest BCUT2D eigenvalue weighted by Crippen LogP contribution is 2.35. The average molecular weight is 278 g/mol. The maximum Gasteiger partial charge on any atom is 0.333 e. The van der Waals surface area contributed by atoms with Crippen molar-refractivity contribution in [2.24, 2.45) is 0 Å². The summed E-state index contributed by atoms with van der Waals surface area (Å²) >= 11 is 5.71. The van der Waals surface area contributed by atoms with E-state index in [2.05, 4.69) is 0 Å². The molecule has 0 saturated carbocycles. The fourth-order valence-corrected chi connectivity index (χ4v) is 2.91. The molecule has 0 N–H and O–H groups in total. The fourth-order valence-electron chi connectivity index (χ4n) is 1.90. The normalized spacial score (nSPS) is 14.9. The molecule has 0 spiro atoms. The SMILES string of the molecule is CC(=O)N1CCc2cc(S(=O)(=O)F)c(Cl)cc21. The van der Waals surface area contributed by atoms with Gasteiger partial charge in [0.25, 0.3) is 0 Å². The molecule has 1 aromatic rings. The molecule has 7 heteroatoms. The van der Waals surface area contributed by atoms with Crippen molar-refractivity contribution >= 4 is 33.4 Å². The van der Waals surface area contributed by atoms with Crippen LogP contribution in [0.2, 0.25) is 5.02 Å². The van der Waals surface area contributed by atoms with E-state index in [9.17, 15) is 17.1 Å². The minimum atomic E-state index is -4.83. The molecule has 1 amide bonds. The van der Waals surface area contributed by atoms with Crippen LogP contribution in [0.4, 0.5) is 9.57 Å². The van der Waals surface area contributed by atoms with Crippen molar-refractivity contribution in [3.05, 3.63) is 22.7 Å². The number of carbonyl (C=O) groups excluding carboxylic acids is 1. The molecule has 1 aliphatic heterocycles. The van der Waals surface area contributed by atoms with Gasteiger partial charge in [-0.3, -0.25) is 4.79 Å². The molecule has 4 nitrogen and oxygen atoms in total. The molecular formula is C10H9ClFNO3S. The molecule has 0 saturated heterocycles. The van der Waals surface area contributed by atoms with Crippen molar-refractivity contribution in [2.75, 3.05) is 11.4 Å². The highest BCUT2D eigenvalue weighted by Gasteiger charge is 2.27. The van der Waals surface area contributed by atoms with Gasteiger partial charge in [-0.05, 0) is 24.1 Å². The predicted octanol–water partition coefficient (Wildman–Crippen LogP) is 1.91. The number of benzene rings is 1. The first-order valence-electron chi connectivity index (χ1n) is 4.86. The third kappa shape index (κ3) is 2.14. The second kappa shape index (κ2) is 3.96. The molecular weight excluding hydrogens is 269 g/mol. The van der Waals surface area contributed by atoms with Crippen LogP contribution in [0, 0.1) is 0 Å².